The molecule has 0 radical (unpaired) electrons. The molecule has 0 spiro atoms. The second kappa shape index (κ2) is 9.01. The predicted molar refractivity (Wildman–Crippen MR) is 132 cm³/mol. The molecule has 4 rings (SSSR count). The van der Waals surface area contributed by atoms with Gasteiger partial charge < -0.3 is 9.84 Å². The van der Waals surface area contributed by atoms with Crippen LogP contribution >= 0.6 is 35.6 Å². The number of benzene rings is 2. The average Bonchev–Trinajstić information content (AvgIpc) is 3.21. The number of methoxy groups -OCH3 is 1. The summed E-state index contributed by atoms with van der Waals surface area (Å²) in [5.41, 5.74) is 2.35. The van der Waals surface area contributed by atoms with Crippen LogP contribution in [-0.4, -0.2) is 50.3 Å². The Kier molecular flexibility index (Phi) is 6.29. The third kappa shape index (κ3) is 4.27. The maximum absolute atomic E-state index is 13.4. The monoisotopic (exact) mass is 500 g/mol. The van der Waals surface area contributed by atoms with E-state index < -0.39 is 18.4 Å². The lowest BCUT2D eigenvalue weighted by molar-refractivity contribution is -0.140. The Hall–Kier alpha value is -3.14. The summed E-state index contributed by atoms with van der Waals surface area (Å²) in [5, 5.41) is 10.3. The van der Waals surface area contributed by atoms with Crippen LogP contribution in [0.3, 0.4) is 0 Å². The Bertz CT molecular complexity index is 1360. The molecule has 1 aliphatic heterocycles. The van der Waals surface area contributed by atoms with Gasteiger partial charge in [-0.15, -0.1) is 0 Å². The number of carboxylic acid groups (broad SMARTS) is 1. The summed E-state index contributed by atoms with van der Waals surface area (Å²) < 4.78 is 7.10. The number of thioether (sulfide) groups is 1. The predicted octanol–water partition coefficient (Wildman–Crippen LogP) is 4.59. The van der Waals surface area contributed by atoms with Crippen molar-refractivity contribution in [1.29, 1.82) is 0 Å². The molecule has 33 heavy (non-hydrogen) atoms. The number of hydrogen-bond acceptors (Lipinski definition) is 6. The fourth-order valence-electron chi connectivity index (χ4n) is 3.62. The van der Waals surface area contributed by atoms with Crippen LogP contribution in [0.2, 0.25) is 5.02 Å². The van der Waals surface area contributed by atoms with E-state index in [0.717, 1.165) is 16.7 Å². The van der Waals surface area contributed by atoms with Crippen LogP contribution in [0, 0.1) is 6.92 Å². The standard InChI is InChI=1S/C23H17ClN2O5S2/c1-12-16(10-19-22(30)25(11-20(27)28)23(32)33-19)17-9-15(31-2)7-8-18(17)26(12)21(29)13-3-5-14(24)6-4-13/h3-10H,11H2,1-2H3,(H,27,28)/b19-10-. The molecule has 1 aliphatic rings. The minimum absolute atomic E-state index is 0.171. The van der Waals surface area contributed by atoms with E-state index in [1.165, 1.54) is 0 Å². The molecule has 3 aromatic rings. The third-order valence-electron chi connectivity index (χ3n) is 5.20. The first-order valence-corrected chi connectivity index (χ1v) is 11.3. The molecule has 1 aromatic heterocycles. The highest BCUT2D eigenvalue weighted by atomic mass is 35.5. The van der Waals surface area contributed by atoms with Crippen LogP contribution in [0.1, 0.15) is 21.6 Å². The van der Waals surface area contributed by atoms with Crippen molar-refractivity contribution in [2.24, 2.45) is 0 Å². The van der Waals surface area contributed by atoms with Crippen molar-refractivity contribution in [2.45, 2.75) is 6.92 Å². The van der Waals surface area contributed by atoms with Gasteiger partial charge in [0.05, 0.1) is 17.5 Å². The lowest BCUT2D eigenvalue weighted by Crippen LogP contribution is -2.33. The zero-order valence-electron chi connectivity index (χ0n) is 17.5. The van der Waals surface area contributed by atoms with Crippen LogP contribution in [0.5, 0.6) is 5.75 Å². The molecular weight excluding hydrogens is 484 g/mol. The Morgan fingerprint density at radius 1 is 1.21 bits per heavy atom. The van der Waals surface area contributed by atoms with E-state index in [1.807, 2.05) is 0 Å². The minimum Gasteiger partial charge on any atom is -0.497 e. The number of carbonyl (C=O) groups is 3. The number of thiocarbonyl (C=S) groups is 1. The lowest BCUT2D eigenvalue weighted by Gasteiger charge is -2.10. The molecule has 1 saturated heterocycles. The molecule has 2 aromatic carbocycles. The summed E-state index contributed by atoms with van der Waals surface area (Å²) in [6, 6.07) is 11.9. The maximum atomic E-state index is 13.4. The number of aliphatic carboxylic acids is 1. The highest BCUT2D eigenvalue weighted by molar-refractivity contribution is 8.26. The highest BCUT2D eigenvalue weighted by Gasteiger charge is 2.34. The van der Waals surface area contributed by atoms with Gasteiger partial charge in [-0.2, -0.15) is 0 Å². The molecule has 1 amide bonds. The fourth-order valence-corrected chi connectivity index (χ4v) is 4.98. The summed E-state index contributed by atoms with van der Waals surface area (Å²) in [4.78, 5) is 38.6. The zero-order valence-corrected chi connectivity index (χ0v) is 19.9. The minimum atomic E-state index is -1.15. The molecule has 2 heterocycles. The molecule has 1 fully saturated rings. The van der Waals surface area contributed by atoms with Gasteiger partial charge in [0.2, 0.25) is 0 Å². The van der Waals surface area contributed by atoms with Crippen LogP contribution < -0.4 is 4.74 Å². The van der Waals surface area contributed by atoms with Gasteiger partial charge in [-0.25, -0.2) is 0 Å². The van der Waals surface area contributed by atoms with Gasteiger partial charge in [0.1, 0.15) is 16.6 Å². The molecule has 1 N–H and O–H groups in total. The molecule has 0 unspecified atom stereocenters. The Labute approximate surface area is 203 Å². The van der Waals surface area contributed by atoms with Gasteiger partial charge in [-0.1, -0.05) is 35.6 Å². The number of ether oxygens (including phenoxy) is 1. The van der Waals surface area contributed by atoms with E-state index >= 15 is 0 Å². The van der Waals surface area contributed by atoms with Crippen molar-refractivity contribution < 1.29 is 24.2 Å². The summed E-state index contributed by atoms with van der Waals surface area (Å²) in [6.45, 7) is 1.27. The maximum Gasteiger partial charge on any atom is 0.323 e. The first kappa shape index (κ1) is 23.0. The summed E-state index contributed by atoms with van der Waals surface area (Å²) in [7, 11) is 1.54. The number of carbonyl (C=O) groups excluding carboxylic acids is 2. The van der Waals surface area contributed by atoms with Gasteiger partial charge >= 0.3 is 5.97 Å². The van der Waals surface area contributed by atoms with E-state index in [2.05, 4.69) is 0 Å². The van der Waals surface area contributed by atoms with Crippen LogP contribution in [0.15, 0.2) is 47.4 Å². The van der Waals surface area contributed by atoms with Gasteiger partial charge in [0.15, 0.2) is 0 Å². The topological polar surface area (TPSA) is 88.8 Å². The van der Waals surface area contributed by atoms with Crippen molar-refractivity contribution in [1.82, 2.24) is 9.47 Å². The molecule has 168 valence electrons. The Balaban J connectivity index is 1.88. The van der Waals surface area contributed by atoms with E-state index in [-0.39, 0.29) is 15.1 Å². The normalized spacial score (nSPS) is 15.0. The highest BCUT2D eigenvalue weighted by Crippen LogP contribution is 2.37. The van der Waals surface area contributed by atoms with Gasteiger partial charge in [0.25, 0.3) is 11.8 Å². The number of rotatable bonds is 5. The largest absolute Gasteiger partial charge is 0.497 e. The summed E-state index contributed by atoms with van der Waals surface area (Å²) in [5.74, 6) is -1.30. The van der Waals surface area contributed by atoms with Crippen molar-refractivity contribution in [3.63, 3.8) is 0 Å². The van der Waals surface area contributed by atoms with Crippen molar-refractivity contribution in [2.75, 3.05) is 13.7 Å². The van der Waals surface area contributed by atoms with Crippen molar-refractivity contribution in [3.05, 3.63) is 69.2 Å². The Morgan fingerprint density at radius 2 is 1.91 bits per heavy atom. The van der Waals surface area contributed by atoms with Crippen molar-refractivity contribution in [3.8, 4) is 5.75 Å². The van der Waals surface area contributed by atoms with Gasteiger partial charge in [-0.3, -0.25) is 23.9 Å². The molecule has 0 atom stereocenters. The molecule has 10 heteroatoms. The number of fused-ring (bicyclic) bond motifs is 1. The second-order valence-electron chi connectivity index (χ2n) is 7.19. The number of amides is 1. The van der Waals surface area contributed by atoms with Crippen molar-refractivity contribution >= 4 is 74.7 Å². The quantitative estimate of drug-likeness (QED) is 0.405. The zero-order chi connectivity index (χ0) is 23.9. The van der Waals surface area contributed by atoms with Crippen LogP contribution in [0.25, 0.3) is 17.0 Å². The fraction of sp³-hybridized carbons (Fsp3) is 0.130. The smallest absolute Gasteiger partial charge is 0.323 e. The first-order valence-electron chi connectivity index (χ1n) is 9.67. The summed E-state index contributed by atoms with van der Waals surface area (Å²) >= 11 is 12.2. The number of carboxylic acids is 1. The van der Waals surface area contributed by atoms with E-state index in [0.29, 0.717) is 38.5 Å². The number of nitrogens with zero attached hydrogens (tertiary/aromatic N) is 2. The third-order valence-corrected chi connectivity index (χ3v) is 6.83. The van der Waals surface area contributed by atoms with Crippen LogP contribution in [0.4, 0.5) is 0 Å². The molecule has 0 bridgehead atoms. The molecule has 0 saturated carbocycles. The number of hydrogen-bond donors (Lipinski definition) is 1. The van der Waals surface area contributed by atoms with Crippen LogP contribution in [-0.2, 0) is 9.59 Å². The van der Waals surface area contributed by atoms with E-state index in [9.17, 15) is 14.4 Å². The molecular formula is C23H17ClN2O5S2. The lowest BCUT2D eigenvalue weighted by atomic mass is 10.1. The van der Waals surface area contributed by atoms with Gasteiger partial charge in [-0.05, 0) is 55.5 Å². The molecule has 7 nitrogen and oxygen atoms in total. The SMILES string of the molecule is COc1ccc2c(c1)c(/C=C1\SC(=S)N(CC(=O)O)C1=O)c(C)n2C(=O)c1ccc(Cl)cc1. The number of aromatic nitrogens is 1. The van der Waals surface area contributed by atoms with Gasteiger partial charge in [0, 0.05) is 27.2 Å². The summed E-state index contributed by atoms with van der Waals surface area (Å²) in [6.07, 6.45) is 1.64. The second-order valence-corrected chi connectivity index (χ2v) is 9.30. The number of halogens is 1. The first-order chi connectivity index (χ1) is 15.7. The average molecular weight is 501 g/mol. The Morgan fingerprint density at radius 3 is 2.55 bits per heavy atom. The van der Waals surface area contributed by atoms with E-state index in [1.54, 1.807) is 67.1 Å². The van der Waals surface area contributed by atoms with E-state index in [4.69, 9.17) is 33.7 Å². The molecule has 0 aliphatic carbocycles.